The van der Waals surface area contributed by atoms with Crippen LogP contribution in [0.5, 0.6) is 0 Å². The molecular weight excluding hydrogens is 407 g/mol. The predicted octanol–water partition coefficient (Wildman–Crippen LogP) is 4.01. The van der Waals surface area contributed by atoms with Crippen molar-refractivity contribution >= 4 is 17.6 Å². The molecule has 0 radical (unpaired) electrons. The molecule has 168 valence electrons. The van der Waals surface area contributed by atoms with Crippen LogP contribution in [0, 0.1) is 12.7 Å². The summed E-state index contributed by atoms with van der Waals surface area (Å²) in [6, 6.07) is 6.31. The lowest BCUT2D eigenvalue weighted by Crippen LogP contribution is -2.45. The van der Waals surface area contributed by atoms with Crippen molar-refractivity contribution in [3.63, 3.8) is 0 Å². The predicted molar refractivity (Wildman–Crippen MR) is 119 cm³/mol. The fraction of sp³-hybridized carbons (Fsp3) is 0.520. The summed E-state index contributed by atoms with van der Waals surface area (Å²) in [6.07, 6.45) is 6.19. The number of carbonyl (C=O) groups excluding carboxylic acids is 2. The molecular formula is C25H29FN4O2. The lowest BCUT2D eigenvalue weighted by molar-refractivity contribution is -0.138. The van der Waals surface area contributed by atoms with E-state index in [0.29, 0.717) is 31.0 Å². The Balaban J connectivity index is 1.52. The first-order valence-electron chi connectivity index (χ1n) is 11.6. The van der Waals surface area contributed by atoms with Crippen LogP contribution in [0.4, 0.5) is 10.2 Å². The number of likely N-dealkylation sites (tertiary alicyclic amines) is 1. The van der Waals surface area contributed by atoms with Crippen molar-refractivity contribution in [2.75, 3.05) is 18.5 Å². The second-order valence-corrected chi connectivity index (χ2v) is 9.38. The molecule has 2 aromatic rings. The molecule has 1 aromatic carbocycles. The first-order chi connectivity index (χ1) is 15.4. The molecule has 2 fully saturated rings. The van der Waals surface area contributed by atoms with E-state index < -0.39 is 5.41 Å². The lowest BCUT2D eigenvalue weighted by Gasteiger charge is -2.36. The number of aromatic nitrogens is 2. The van der Waals surface area contributed by atoms with Crippen LogP contribution in [-0.2, 0) is 21.4 Å². The smallest absolute Gasteiger partial charge is 0.233 e. The van der Waals surface area contributed by atoms with Crippen molar-refractivity contribution in [3.8, 4) is 0 Å². The molecule has 5 rings (SSSR count). The first kappa shape index (κ1) is 21.0. The van der Waals surface area contributed by atoms with E-state index in [9.17, 15) is 14.0 Å². The van der Waals surface area contributed by atoms with Gasteiger partial charge < -0.3 is 4.90 Å². The summed E-state index contributed by atoms with van der Waals surface area (Å²) in [7, 11) is 1.76. The molecule has 0 spiro atoms. The van der Waals surface area contributed by atoms with Gasteiger partial charge in [-0.25, -0.2) is 14.4 Å². The molecule has 0 bridgehead atoms. The van der Waals surface area contributed by atoms with Gasteiger partial charge in [-0.05, 0) is 56.7 Å². The Labute approximate surface area is 187 Å². The Morgan fingerprint density at radius 2 is 1.94 bits per heavy atom. The third-order valence-corrected chi connectivity index (χ3v) is 7.55. The van der Waals surface area contributed by atoms with Crippen LogP contribution in [0.1, 0.15) is 73.6 Å². The average molecular weight is 437 g/mol. The molecule has 0 N–H and O–H groups in total. The fourth-order valence-electron chi connectivity index (χ4n) is 5.78. The normalized spacial score (nSPS) is 22.3. The highest BCUT2D eigenvalue weighted by atomic mass is 19.1. The zero-order valence-electron chi connectivity index (χ0n) is 18.7. The molecule has 1 saturated heterocycles. The molecule has 6 nitrogen and oxygen atoms in total. The van der Waals surface area contributed by atoms with Gasteiger partial charge in [-0.1, -0.05) is 25.0 Å². The SMILES string of the molecule is Cc1nc(C2CCCN2C(=O)C2(c3cccc(F)c3)CCCC2)nc2c1CCC(=O)N2C. The van der Waals surface area contributed by atoms with Crippen LogP contribution in [-0.4, -0.2) is 40.3 Å². The van der Waals surface area contributed by atoms with Crippen LogP contribution >= 0.6 is 0 Å². The second kappa shape index (κ2) is 7.94. The van der Waals surface area contributed by atoms with E-state index in [1.807, 2.05) is 17.9 Å². The maximum Gasteiger partial charge on any atom is 0.233 e. The number of anilines is 1. The summed E-state index contributed by atoms with van der Waals surface area (Å²) in [4.78, 5) is 39.4. The van der Waals surface area contributed by atoms with Crippen LogP contribution in [0.2, 0.25) is 0 Å². The minimum atomic E-state index is -0.680. The van der Waals surface area contributed by atoms with Gasteiger partial charge in [0.1, 0.15) is 11.6 Å². The molecule has 1 aliphatic carbocycles. The standard InChI is InChI=1S/C25H29FN4O2/c1-16-19-10-11-21(31)29(2)23(19)28-22(27-16)20-9-6-14-30(20)24(32)25(12-3-4-13-25)17-7-5-8-18(26)15-17/h5,7-8,15,20H,3-4,6,9-14H2,1-2H3. The van der Waals surface area contributed by atoms with Gasteiger partial charge in [0.05, 0.1) is 11.5 Å². The van der Waals surface area contributed by atoms with Crippen LogP contribution in [0.15, 0.2) is 24.3 Å². The first-order valence-corrected chi connectivity index (χ1v) is 11.6. The highest BCUT2D eigenvalue weighted by Gasteiger charge is 2.48. The highest BCUT2D eigenvalue weighted by molar-refractivity contribution is 5.95. The van der Waals surface area contributed by atoms with Crippen molar-refractivity contribution < 1.29 is 14.0 Å². The average Bonchev–Trinajstić information content (AvgIpc) is 3.46. The van der Waals surface area contributed by atoms with E-state index in [-0.39, 0.29) is 23.7 Å². The zero-order chi connectivity index (χ0) is 22.5. The molecule has 1 saturated carbocycles. The molecule has 32 heavy (non-hydrogen) atoms. The van der Waals surface area contributed by atoms with Gasteiger partial charge in [-0.15, -0.1) is 0 Å². The molecule has 2 aliphatic heterocycles. The molecule has 2 amide bonds. The zero-order valence-corrected chi connectivity index (χ0v) is 18.7. The van der Waals surface area contributed by atoms with Crippen molar-refractivity contribution in [1.82, 2.24) is 14.9 Å². The molecule has 3 aliphatic rings. The number of carbonyl (C=O) groups is 2. The Bertz CT molecular complexity index is 1080. The molecule has 7 heteroatoms. The second-order valence-electron chi connectivity index (χ2n) is 9.38. The number of halogens is 1. The van der Waals surface area contributed by atoms with Crippen molar-refractivity contribution in [3.05, 3.63) is 52.7 Å². The molecule has 1 aromatic heterocycles. The number of hydrogen-bond acceptors (Lipinski definition) is 4. The lowest BCUT2D eigenvalue weighted by atomic mass is 9.77. The summed E-state index contributed by atoms with van der Waals surface area (Å²) in [5.41, 5.74) is 1.99. The van der Waals surface area contributed by atoms with Gasteiger partial charge >= 0.3 is 0 Å². The van der Waals surface area contributed by atoms with Gasteiger partial charge in [-0.3, -0.25) is 14.5 Å². The summed E-state index contributed by atoms with van der Waals surface area (Å²) in [5, 5.41) is 0. The number of hydrogen-bond donors (Lipinski definition) is 0. The van der Waals surface area contributed by atoms with E-state index in [1.165, 1.54) is 12.1 Å². The maximum absolute atomic E-state index is 14.1. The minimum absolute atomic E-state index is 0.0527. The van der Waals surface area contributed by atoms with Gasteiger partial charge in [0.2, 0.25) is 11.8 Å². The quantitative estimate of drug-likeness (QED) is 0.729. The van der Waals surface area contributed by atoms with Crippen LogP contribution < -0.4 is 4.90 Å². The van der Waals surface area contributed by atoms with E-state index >= 15 is 0 Å². The summed E-state index contributed by atoms with van der Waals surface area (Å²) < 4.78 is 14.1. The number of amides is 2. The third kappa shape index (κ3) is 3.29. The summed E-state index contributed by atoms with van der Waals surface area (Å²) >= 11 is 0. The van der Waals surface area contributed by atoms with Gasteiger partial charge in [-0.2, -0.15) is 0 Å². The number of rotatable bonds is 3. The number of nitrogens with zero attached hydrogens (tertiary/aromatic N) is 4. The van der Waals surface area contributed by atoms with Crippen LogP contribution in [0.3, 0.4) is 0 Å². The van der Waals surface area contributed by atoms with E-state index in [4.69, 9.17) is 9.97 Å². The molecule has 3 heterocycles. The van der Waals surface area contributed by atoms with E-state index in [0.717, 1.165) is 55.3 Å². The molecule has 1 atom stereocenters. The maximum atomic E-state index is 14.1. The monoisotopic (exact) mass is 436 g/mol. The number of benzene rings is 1. The fourth-order valence-corrected chi connectivity index (χ4v) is 5.78. The van der Waals surface area contributed by atoms with Gasteiger partial charge in [0, 0.05) is 31.3 Å². The van der Waals surface area contributed by atoms with Gasteiger partial charge in [0.15, 0.2) is 5.82 Å². The Morgan fingerprint density at radius 1 is 1.16 bits per heavy atom. The van der Waals surface area contributed by atoms with Crippen molar-refractivity contribution in [2.24, 2.45) is 0 Å². The Hall–Kier alpha value is -2.83. The summed E-state index contributed by atoms with van der Waals surface area (Å²) in [6.45, 7) is 2.61. The number of aryl methyl sites for hydroxylation is 1. The Morgan fingerprint density at radius 3 is 2.69 bits per heavy atom. The summed E-state index contributed by atoms with van der Waals surface area (Å²) in [5.74, 6) is 1.09. The minimum Gasteiger partial charge on any atom is -0.332 e. The van der Waals surface area contributed by atoms with E-state index in [2.05, 4.69) is 0 Å². The largest absolute Gasteiger partial charge is 0.332 e. The molecule has 1 unspecified atom stereocenters. The Kier molecular flexibility index (Phi) is 5.22. The third-order valence-electron chi connectivity index (χ3n) is 7.55. The van der Waals surface area contributed by atoms with Crippen molar-refractivity contribution in [2.45, 2.75) is 69.7 Å². The van der Waals surface area contributed by atoms with E-state index in [1.54, 1.807) is 18.0 Å². The number of fused-ring (bicyclic) bond motifs is 1. The van der Waals surface area contributed by atoms with Crippen molar-refractivity contribution in [1.29, 1.82) is 0 Å². The topological polar surface area (TPSA) is 66.4 Å². The highest BCUT2D eigenvalue weighted by Crippen LogP contribution is 2.46. The van der Waals surface area contributed by atoms with Gasteiger partial charge in [0.25, 0.3) is 0 Å². The van der Waals surface area contributed by atoms with Crippen LogP contribution in [0.25, 0.3) is 0 Å².